The van der Waals surface area contributed by atoms with Crippen molar-refractivity contribution in [3.63, 3.8) is 0 Å². The van der Waals surface area contributed by atoms with Crippen LogP contribution >= 0.6 is 15.9 Å². The number of aromatic nitrogens is 2. The number of nitrogens with zero attached hydrogens (tertiary/aromatic N) is 1. The SMILES string of the molecule is COc1cc(OC)c(-c2n[nH]c(C)c2Br)c(OC)c1. The smallest absolute Gasteiger partial charge is 0.135 e. The molecule has 1 aromatic carbocycles. The van der Waals surface area contributed by atoms with E-state index in [2.05, 4.69) is 26.1 Å². The Kier molecular flexibility index (Phi) is 3.99. The minimum Gasteiger partial charge on any atom is -0.496 e. The van der Waals surface area contributed by atoms with Gasteiger partial charge in [-0.25, -0.2) is 0 Å². The van der Waals surface area contributed by atoms with Crippen molar-refractivity contribution in [1.82, 2.24) is 10.2 Å². The molecule has 0 amide bonds. The Morgan fingerprint density at radius 2 is 1.63 bits per heavy atom. The third-order valence-corrected chi connectivity index (χ3v) is 3.79. The molecule has 1 heterocycles. The van der Waals surface area contributed by atoms with Gasteiger partial charge in [-0.3, -0.25) is 5.10 Å². The molecule has 5 nitrogen and oxygen atoms in total. The van der Waals surface area contributed by atoms with Crippen molar-refractivity contribution < 1.29 is 14.2 Å². The van der Waals surface area contributed by atoms with Crippen molar-refractivity contribution in [2.24, 2.45) is 0 Å². The standard InChI is InChI=1S/C13H15BrN2O3/c1-7-12(14)13(16-15-7)11-9(18-3)5-8(17-2)6-10(11)19-4/h5-6H,1-4H3,(H,15,16). The summed E-state index contributed by atoms with van der Waals surface area (Å²) in [6, 6.07) is 3.60. The first-order chi connectivity index (χ1) is 9.12. The maximum absolute atomic E-state index is 5.41. The van der Waals surface area contributed by atoms with E-state index in [-0.39, 0.29) is 0 Å². The van der Waals surface area contributed by atoms with Crippen molar-refractivity contribution in [2.75, 3.05) is 21.3 Å². The molecule has 0 aliphatic heterocycles. The van der Waals surface area contributed by atoms with Crippen LogP contribution in [0.4, 0.5) is 0 Å². The van der Waals surface area contributed by atoms with Crippen LogP contribution in [0.2, 0.25) is 0 Å². The lowest BCUT2D eigenvalue weighted by Gasteiger charge is -2.13. The molecule has 0 atom stereocenters. The number of aromatic amines is 1. The summed E-state index contributed by atoms with van der Waals surface area (Å²) in [4.78, 5) is 0. The summed E-state index contributed by atoms with van der Waals surface area (Å²) in [5, 5.41) is 7.21. The predicted octanol–water partition coefficient (Wildman–Crippen LogP) is 3.17. The number of ether oxygens (including phenoxy) is 3. The van der Waals surface area contributed by atoms with E-state index >= 15 is 0 Å². The van der Waals surface area contributed by atoms with Gasteiger partial charge in [-0.05, 0) is 22.9 Å². The quantitative estimate of drug-likeness (QED) is 0.937. The first-order valence-corrected chi connectivity index (χ1v) is 6.42. The molecule has 6 heteroatoms. The number of halogens is 1. The summed E-state index contributed by atoms with van der Waals surface area (Å²) in [7, 11) is 4.80. The second kappa shape index (κ2) is 5.52. The normalized spacial score (nSPS) is 10.4. The van der Waals surface area contributed by atoms with Gasteiger partial charge in [0, 0.05) is 17.8 Å². The maximum Gasteiger partial charge on any atom is 0.135 e. The van der Waals surface area contributed by atoms with Gasteiger partial charge in [0.25, 0.3) is 0 Å². The van der Waals surface area contributed by atoms with E-state index in [4.69, 9.17) is 14.2 Å². The number of benzene rings is 1. The van der Waals surface area contributed by atoms with Gasteiger partial charge in [-0.15, -0.1) is 0 Å². The molecule has 0 saturated heterocycles. The zero-order valence-electron chi connectivity index (χ0n) is 11.2. The summed E-state index contributed by atoms with van der Waals surface area (Å²) in [5.41, 5.74) is 2.46. The molecule has 2 rings (SSSR count). The highest BCUT2D eigenvalue weighted by Gasteiger charge is 2.20. The largest absolute Gasteiger partial charge is 0.496 e. The van der Waals surface area contributed by atoms with E-state index in [9.17, 15) is 0 Å². The van der Waals surface area contributed by atoms with Gasteiger partial charge in [0.1, 0.15) is 22.9 Å². The van der Waals surface area contributed by atoms with Crippen LogP contribution in [0.25, 0.3) is 11.3 Å². The molecule has 102 valence electrons. The van der Waals surface area contributed by atoms with Crippen molar-refractivity contribution in [3.8, 4) is 28.5 Å². The molecule has 0 aliphatic rings. The summed E-state index contributed by atoms with van der Waals surface area (Å²) in [5.74, 6) is 1.95. The second-order valence-corrected chi connectivity index (χ2v) is 4.71. The Labute approximate surface area is 120 Å². The van der Waals surface area contributed by atoms with Crippen LogP contribution in [0.5, 0.6) is 17.2 Å². The van der Waals surface area contributed by atoms with Crippen LogP contribution in [0.3, 0.4) is 0 Å². The van der Waals surface area contributed by atoms with E-state index in [0.717, 1.165) is 21.4 Å². The highest BCUT2D eigenvalue weighted by Crippen LogP contribution is 2.43. The number of methoxy groups -OCH3 is 3. The fourth-order valence-corrected chi connectivity index (χ4v) is 2.20. The summed E-state index contributed by atoms with van der Waals surface area (Å²) < 4.78 is 16.9. The third-order valence-electron chi connectivity index (χ3n) is 2.82. The third kappa shape index (κ3) is 2.40. The summed E-state index contributed by atoms with van der Waals surface area (Å²) in [6.07, 6.45) is 0. The molecule has 1 N–H and O–H groups in total. The van der Waals surface area contributed by atoms with Gasteiger partial charge in [-0.2, -0.15) is 5.10 Å². The van der Waals surface area contributed by atoms with Crippen molar-refractivity contribution in [2.45, 2.75) is 6.92 Å². The monoisotopic (exact) mass is 326 g/mol. The lowest BCUT2D eigenvalue weighted by molar-refractivity contribution is 0.377. The summed E-state index contributed by atoms with van der Waals surface area (Å²) in [6.45, 7) is 1.93. The highest BCUT2D eigenvalue weighted by atomic mass is 79.9. The Morgan fingerprint density at radius 1 is 1.05 bits per heavy atom. The zero-order chi connectivity index (χ0) is 14.0. The van der Waals surface area contributed by atoms with E-state index in [1.165, 1.54) is 0 Å². The molecular weight excluding hydrogens is 312 g/mol. The Morgan fingerprint density at radius 3 is 2.00 bits per heavy atom. The molecule has 2 aromatic rings. The van der Waals surface area contributed by atoms with E-state index < -0.39 is 0 Å². The zero-order valence-corrected chi connectivity index (χ0v) is 12.8. The topological polar surface area (TPSA) is 56.4 Å². The van der Waals surface area contributed by atoms with Gasteiger partial charge in [0.2, 0.25) is 0 Å². The second-order valence-electron chi connectivity index (χ2n) is 3.92. The lowest BCUT2D eigenvalue weighted by Crippen LogP contribution is -1.96. The number of rotatable bonds is 4. The number of nitrogens with one attached hydrogen (secondary N) is 1. The van der Waals surface area contributed by atoms with Crippen LogP contribution in [0.15, 0.2) is 16.6 Å². The average Bonchev–Trinajstić information content (AvgIpc) is 2.77. The van der Waals surface area contributed by atoms with Crippen LogP contribution in [-0.2, 0) is 0 Å². The molecule has 0 saturated carbocycles. The summed E-state index contributed by atoms with van der Waals surface area (Å²) >= 11 is 3.51. The van der Waals surface area contributed by atoms with E-state index in [0.29, 0.717) is 17.2 Å². The lowest BCUT2D eigenvalue weighted by atomic mass is 10.1. The first kappa shape index (κ1) is 13.7. The molecular formula is C13H15BrN2O3. The van der Waals surface area contributed by atoms with Gasteiger partial charge in [0.15, 0.2) is 0 Å². The van der Waals surface area contributed by atoms with Crippen LogP contribution < -0.4 is 14.2 Å². The minimum absolute atomic E-state index is 0.642. The van der Waals surface area contributed by atoms with E-state index in [1.54, 1.807) is 33.5 Å². The number of hydrogen-bond acceptors (Lipinski definition) is 4. The first-order valence-electron chi connectivity index (χ1n) is 5.63. The molecule has 0 fully saturated rings. The van der Waals surface area contributed by atoms with Gasteiger partial charge in [0.05, 0.1) is 31.4 Å². The van der Waals surface area contributed by atoms with Crippen molar-refractivity contribution >= 4 is 15.9 Å². The fraction of sp³-hybridized carbons (Fsp3) is 0.308. The molecule has 19 heavy (non-hydrogen) atoms. The van der Waals surface area contributed by atoms with Crippen molar-refractivity contribution in [3.05, 3.63) is 22.3 Å². The number of hydrogen-bond donors (Lipinski definition) is 1. The molecule has 0 radical (unpaired) electrons. The molecule has 0 bridgehead atoms. The van der Waals surface area contributed by atoms with Crippen molar-refractivity contribution in [1.29, 1.82) is 0 Å². The Balaban J connectivity index is 2.70. The van der Waals surface area contributed by atoms with Crippen LogP contribution in [0, 0.1) is 6.92 Å². The minimum atomic E-state index is 0.642. The molecule has 0 aliphatic carbocycles. The van der Waals surface area contributed by atoms with Gasteiger partial charge in [-0.1, -0.05) is 0 Å². The Bertz CT molecular complexity index is 571. The van der Waals surface area contributed by atoms with Crippen LogP contribution in [0.1, 0.15) is 5.69 Å². The van der Waals surface area contributed by atoms with Crippen LogP contribution in [-0.4, -0.2) is 31.5 Å². The predicted molar refractivity (Wildman–Crippen MR) is 76.1 cm³/mol. The van der Waals surface area contributed by atoms with Gasteiger partial charge < -0.3 is 14.2 Å². The number of H-pyrrole nitrogens is 1. The molecule has 0 spiro atoms. The number of aryl methyl sites for hydroxylation is 1. The Hall–Kier alpha value is -1.69. The molecule has 1 aromatic heterocycles. The van der Waals surface area contributed by atoms with E-state index in [1.807, 2.05) is 6.92 Å². The maximum atomic E-state index is 5.41. The average molecular weight is 327 g/mol. The van der Waals surface area contributed by atoms with Gasteiger partial charge >= 0.3 is 0 Å². The fourth-order valence-electron chi connectivity index (χ4n) is 1.82. The highest BCUT2D eigenvalue weighted by molar-refractivity contribution is 9.10. The molecule has 0 unspecified atom stereocenters.